The SMILES string of the molecule is CCNC(=O)Oc1noc(-c2cc(Cl)c(O)cc2O)c1NC(=O)CCN1CCOCC1. The van der Waals surface area contributed by atoms with Gasteiger partial charge in [0, 0.05) is 38.7 Å². The molecule has 1 aromatic heterocycles. The summed E-state index contributed by atoms with van der Waals surface area (Å²) in [4.78, 5) is 26.5. The average Bonchev–Trinajstić information content (AvgIpc) is 3.12. The number of hydrogen-bond acceptors (Lipinski definition) is 9. The Hall–Kier alpha value is -3.02. The summed E-state index contributed by atoms with van der Waals surface area (Å²) in [7, 11) is 0. The largest absolute Gasteiger partial charge is 0.507 e. The minimum absolute atomic E-state index is 0.0459. The molecule has 0 unspecified atom stereocenters. The standard InChI is InChI=1S/C19H23ClN4O7/c1-2-21-19(28)30-18-16(22-15(27)3-4-24-5-7-29-8-6-24)17(31-23-18)11-9-12(20)14(26)10-13(11)25/h9-10,25-26H,2-8H2,1H3,(H,21,28)(H,22,27). The molecule has 12 heteroatoms. The van der Waals surface area contributed by atoms with Crippen LogP contribution in [0.25, 0.3) is 11.3 Å². The highest BCUT2D eigenvalue weighted by Gasteiger charge is 2.26. The molecule has 4 N–H and O–H groups in total. The number of amides is 2. The normalized spacial score (nSPS) is 14.3. The molecule has 3 rings (SSSR count). The maximum atomic E-state index is 12.6. The van der Waals surface area contributed by atoms with Gasteiger partial charge in [0.05, 0.1) is 23.8 Å². The molecule has 0 spiro atoms. The molecule has 2 aromatic rings. The third kappa shape index (κ3) is 5.78. The summed E-state index contributed by atoms with van der Waals surface area (Å²) in [6.07, 6.45) is -0.632. The number of carbonyl (C=O) groups excluding carboxylic acids is 2. The molecule has 2 heterocycles. The molecule has 1 aliphatic heterocycles. The molecule has 0 bridgehead atoms. The zero-order valence-corrected chi connectivity index (χ0v) is 17.6. The first-order chi connectivity index (χ1) is 14.9. The third-order valence-corrected chi connectivity index (χ3v) is 4.81. The summed E-state index contributed by atoms with van der Waals surface area (Å²) in [6, 6.07) is 2.26. The Bertz CT molecular complexity index is 944. The fraction of sp³-hybridized carbons (Fsp3) is 0.421. The lowest BCUT2D eigenvalue weighted by atomic mass is 10.1. The fourth-order valence-corrected chi connectivity index (χ4v) is 3.09. The average molecular weight is 455 g/mol. The van der Waals surface area contributed by atoms with Crippen LogP contribution in [-0.4, -0.2) is 71.7 Å². The van der Waals surface area contributed by atoms with Crippen LogP contribution in [0.1, 0.15) is 13.3 Å². The Balaban J connectivity index is 1.84. The van der Waals surface area contributed by atoms with E-state index in [2.05, 4.69) is 20.7 Å². The van der Waals surface area contributed by atoms with Gasteiger partial charge in [-0.3, -0.25) is 9.69 Å². The molecule has 0 atom stereocenters. The van der Waals surface area contributed by atoms with E-state index in [1.807, 2.05) is 0 Å². The van der Waals surface area contributed by atoms with Crippen LogP contribution in [0.4, 0.5) is 10.5 Å². The van der Waals surface area contributed by atoms with Gasteiger partial charge in [0.15, 0.2) is 11.4 Å². The maximum Gasteiger partial charge on any atom is 0.414 e. The number of nitrogens with one attached hydrogen (secondary N) is 2. The number of phenols is 2. The zero-order chi connectivity index (χ0) is 22.4. The molecule has 2 amide bonds. The number of halogens is 1. The molecule has 1 aliphatic rings. The van der Waals surface area contributed by atoms with Gasteiger partial charge in [-0.25, -0.2) is 4.79 Å². The topological polar surface area (TPSA) is 146 Å². The van der Waals surface area contributed by atoms with Crippen LogP contribution in [0.3, 0.4) is 0 Å². The first kappa shape index (κ1) is 22.7. The molecule has 168 valence electrons. The van der Waals surface area contributed by atoms with Crippen LogP contribution in [-0.2, 0) is 9.53 Å². The maximum absolute atomic E-state index is 12.6. The molecule has 11 nitrogen and oxygen atoms in total. The summed E-state index contributed by atoms with van der Waals surface area (Å²) < 4.78 is 15.6. The lowest BCUT2D eigenvalue weighted by molar-refractivity contribution is -0.116. The molecular weight excluding hydrogens is 432 g/mol. The lowest BCUT2D eigenvalue weighted by Gasteiger charge is -2.26. The Morgan fingerprint density at radius 3 is 2.71 bits per heavy atom. The second-order valence-electron chi connectivity index (χ2n) is 6.68. The van der Waals surface area contributed by atoms with Gasteiger partial charge in [-0.1, -0.05) is 11.6 Å². The third-order valence-electron chi connectivity index (χ3n) is 4.50. The van der Waals surface area contributed by atoms with E-state index in [1.54, 1.807) is 6.92 Å². The van der Waals surface area contributed by atoms with E-state index in [4.69, 9.17) is 25.6 Å². The fourth-order valence-electron chi connectivity index (χ4n) is 2.93. The van der Waals surface area contributed by atoms with E-state index in [9.17, 15) is 19.8 Å². The van der Waals surface area contributed by atoms with Crippen molar-refractivity contribution in [3.63, 3.8) is 0 Å². The number of carbonyl (C=O) groups is 2. The highest BCUT2D eigenvalue weighted by molar-refractivity contribution is 6.32. The predicted octanol–water partition coefficient (Wildman–Crippen LogP) is 2.18. The number of nitrogens with zero attached hydrogens (tertiary/aromatic N) is 2. The van der Waals surface area contributed by atoms with Gasteiger partial charge in [0.1, 0.15) is 11.5 Å². The molecular formula is C19H23ClN4O7. The van der Waals surface area contributed by atoms with Crippen LogP contribution >= 0.6 is 11.6 Å². The van der Waals surface area contributed by atoms with Gasteiger partial charge >= 0.3 is 6.09 Å². The number of anilines is 1. The van der Waals surface area contributed by atoms with Crippen LogP contribution in [0.5, 0.6) is 17.4 Å². The Labute approximate surface area is 182 Å². The van der Waals surface area contributed by atoms with Crippen molar-refractivity contribution in [2.75, 3.05) is 44.7 Å². The number of ether oxygens (including phenoxy) is 2. The Morgan fingerprint density at radius 2 is 2.00 bits per heavy atom. The number of benzene rings is 1. The van der Waals surface area contributed by atoms with Gasteiger partial charge < -0.3 is 34.8 Å². The van der Waals surface area contributed by atoms with Crippen LogP contribution in [0, 0.1) is 0 Å². The van der Waals surface area contributed by atoms with Gasteiger partial charge in [0.2, 0.25) is 5.91 Å². The summed E-state index contributed by atoms with van der Waals surface area (Å²) in [6.45, 7) is 5.23. The van der Waals surface area contributed by atoms with Gasteiger partial charge in [-0.15, -0.1) is 0 Å². The number of aromatic hydroxyl groups is 2. The number of aromatic nitrogens is 1. The summed E-state index contributed by atoms with van der Waals surface area (Å²) >= 11 is 5.94. The number of rotatable bonds is 7. The van der Waals surface area contributed by atoms with Gasteiger partial charge in [-0.05, 0) is 18.1 Å². The van der Waals surface area contributed by atoms with Crippen molar-refractivity contribution in [3.05, 3.63) is 17.2 Å². The van der Waals surface area contributed by atoms with Crippen LogP contribution < -0.4 is 15.4 Å². The van der Waals surface area contributed by atoms with Crippen LogP contribution in [0.2, 0.25) is 5.02 Å². The highest BCUT2D eigenvalue weighted by Crippen LogP contribution is 2.43. The summed E-state index contributed by atoms with van der Waals surface area (Å²) in [5.74, 6) is -1.45. The van der Waals surface area contributed by atoms with E-state index in [1.165, 1.54) is 6.07 Å². The van der Waals surface area contributed by atoms with Gasteiger partial charge in [-0.2, -0.15) is 0 Å². The molecule has 0 radical (unpaired) electrons. The van der Waals surface area contributed by atoms with E-state index in [0.29, 0.717) is 26.3 Å². The Morgan fingerprint density at radius 1 is 1.26 bits per heavy atom. The number of hydrogen-bond donors (Lipinski definition) is 4. The van der Waals surface area contributed by atoms with Crippen LogP contribution in [0.15, 0.2) is 16.7 Å². The van der Waals surface area contributed by atoms with E-state index in [-0.39, 0.29) is 51.7 Å². The monoisotopic (exact) mass is 454 g/mol. The van der Waals surface area contributed by atoms with E-state index >= 15 is 0 Å². The van der Waals surface area contributed by atoms with E-state index < -0.39 is 6.09 Å². The predicted molar refractivity (Wildman–Crippen MR) is 110 cm³/mol. The van der Waals surface area contributed by atoms with Crippen molar-refractivity contribution < 1.29 is 33.8 Å². The second kappa shape index (κ2) is 10.3. The van der Waals surface area contributed by atoms with Crippen molar-refractivity contribution in [1.29, 1.82) is 0 Å². The Kier molecular flexibility index (Phi) is 7.55. The van der Waals surface area contributed by atoms with Crippen molar-refractivity contribution in [1.82, 2.24) is 15.4 Å². The van der Waals surface area contributed by atoms with Crippen molar-refractivity contribution in [2.24, 2.45) is 0 Å². The molecule has 1 saturated heterocycles. The smallest absolute Gasteiger partial charge is 0.414 e. The van der Waals surface area contributed by atoms with Crippen molar-refractivity contribution in [2.45, 2.75) is 13.3 Å². The quantitative estimate of drug-likeness (QED) is 0.494. The minimum atomic E-state index is -0.792. The summed E-state index contributed by atoms with van der Waals surface area (Å²) in [5.41, 5.74) is -0.000170. The highest BCUT2D eigenvalue weighted by atomic mass is 35.5. The van der Waals surface area contributed by atoms with Gasteiger partial charge in [0.25, 0.3) is 5.88 Å². The molecule has 31 heavy (non-hydrogen) atoms. The summed E-state index contributed by atoms with van der Waals surface area (Å²) in [5, 5.41) is 28.6. The minimum Gasteiger partial charge on any atom is -0.507 e. The van der Waals surface area contributed by atoms with E-state index in [0.717, 1.165) is 19.2 Å². The molecule has 1 aromatic carbocycles. The molecule has 0 saturated carbocycles. The van der Waals surface area contributed by atoms with Crippen molar-refractivity contribution in [3.8, 4) is 28.7 Å². The first-order valence-corrected chi connectivity index (χ1v) is 10.0. The first-order valence-electron chi connectivity index (χ1n) is 9.66. The number of morpholine rings is 1. The number of phenolic OH excluding ortho intramolecular Hbond substituents is 2. The zero-order valence-electron chi connectivity index (χ0n) is 16.8. The lowest BCUT2D eigenvalue weighted by Crippen LogP contribution is -2.38. The van der Waals surface area contributed by atoms with Crippen molar-refractivity contribution >= 4 is 29.3 Å². The molecule has 0 aliphatic carbocycles. The second-order valence-corrected chi connectivity index (χ2v) is 7.09. The molecule has 1 fully saturated rings.